The first kappa shape index (κ1) is 14.0. The summed E-state index contributed by atoms with van der Waals surface area (Å²) in [7, 11) is 0. The van der Waals surface area contributed by atoms with Crippen molar-refractivity contribution >= 4 is 0 Å². The molecule has 1 heteroatoms. The van der Waals surface area contributed by atoms with Crippen LogP contribution in [0.3, 0.4) is 0 Å². The maximum absolute atomic E-state index is 3.80. The van der Waals surface area contributed by atoms with E-state index in [1.807, 2.05) is 0 Å². The van der Waals surface area contributed by atoms with Gasteiger partial charge in [0.1, 0.15) is 0 Å². The van der Waals surface area contributed by atoms with E-state index in [1.165, 1.54) is 44.9 Å². The Balaban J connectivity index is 2.73. The summed E-state index contributed by atoms with van der Waals surface area (Å²) in [6.45, 7) is 10.5. The number of rotatable bonds is 7. The highest BCUT2D eigenvalue weighted by Gasteiger charge is 2.41. The summed E-state index contributed by atoms with van der Waals surface area (Å²) in [5, 5.41) is 3.80. The van der Waals surface area contributed by atoms with Crippen molar-refractivity contribution in [1.29, 1.82) is 0 Å². The average Bonchev–Trinajstić information content (AvgIpc) is 2.75. The van der Waals surface area contributed by atoms with Gasteiger partial charge in [-0.15, -0.1) is 0 Å². The van der Waals surface area contributed by atoms with Gasteiger partial charge in [-0.05, 0) is 43.6 Å². The molecule has 1 saturated carbocycles. The van der Waals surface area contributed by atoms with E-state index in [0.29, 0.717) is 5.41 Å². The van der Waals surface area contributed by atoms with Crippen molar-refractivity contribution in [2.24, 2.45) is 11.3 Å². The Morgan fingerprint density at radius 1 is 1.12 bits per heavy atom. The zero-order valence-electron chi connectivity index (χ0n) is 11.8. The molecule has 0 amide bonds. The first-order valence-electron chi connectivity index (χ1n) is 7.43. The average molecular weight is 225 g/mol. The SMILES string of the molecule is CCCC(C)C(NCC)C1(CC)CCCC1. The highest BCUT2D eigenvalue weighted by atomic mass is 14.9. The second kappa shape index (κ2) is 6.64. The van der Waals surface area contributed by atoms with Crippen molar-refractivity contribution in [2.45, 2.75) is 78.7 Å². The van der Waals surface area contributed by atoms with Crippen molar-refractivity contribution in [2.75, 3.05) is 6.54 Å². The largest absolute Gasteiger partial charge is 0.313 e. The van der Waals surface area contributed by atoms with E-state index in [-0.39, 0.29) is 0 Å². The van der Waals surface area contributed by atoms with E-state index in [2.05, 4.69) is 33.0 Å². The Labute approximate surface area is 102 Å². The lowest BCUT2D eigenvalue weighted by molar-refractivity contribution is 0.135. The van der Waals surface area contributed by atoms with Gasteiger partial charge in [-0.2, -0.15) is 0 Å². The lowest BCUT2D eigenvalue weighted by atomic mass is 9.70. The molecule has 16 heavy (non-hydrogen) atoms. The molecular weight excluding hydrogens is 194 g/mol. The van der Waals surface area contributed by atoms with Gasteiger partial charge in [-0.1, -0.05) is 47.0 Å². The van der Waals surface area contributed by atoms with Crippen LogP contribution in [0.2, 0.25) is 0 Å². The van der Waals surface area contributed by atoms with Gasteiger partial charge in [0, 0.05) is 6.04 Å². The molecule has 1 fully saturated rings. The van der Waals surface area contributed by atoms with E-state index in [9.17, 15) is 0 Å². The van der Waals surface area contributed by atoms with Crippen LogP contribution in [0.4, 0.5) is 0 Å². The summed E-state index contributed by atoms with van der Waals surface area (Å²) in [6.07, 6.45) is 9.87. The van der Waals surface area contributed by atoms with Crippen LogP contribution in [-0.2, 0) is 0 Å². The Morgan fingerprint density at radius 2 is 1.75 bits per heavy atom. The molecule has 1 aliphatic carbocycles. The summed E-state index contributed by atoms with van der Waals surface area (Å²) in [4.78, 5) is 0. The van der Waals surface area contributed by atoms with Crippen molar-refractivity contribution in [1.82, 2.24) is 5.32 Å². The predicted molar refractivity (Wildman–Crippen MR) is 72.7 cm³/mol. The molecule has 0 heterocycles. The van der Waals surface area contributed by atoms with Crippen molar-refractivity contribution in [3.63, 3.8) is 0 Å². The molecule has 0 aliphatic heterocycles. The van der Waals surface area contributed by atoms with Crippen molar-refractivity contribution in [3.05, 3.63) is 0 Å². The Kier molecular flexibility index (Phi) is 5.82. The molecule has 2 atom stereocenters. The number of hydrogen-bond donors (Lipinski definition) is 1. The summed E-state index contributed by atoms with van der Waals surface area (Å²) in [6, 6.07) is 0.755. The Hall–Kier alpha value is -0.0400. The van der Waals surface area contributed by atoms with E-state index in [1.54, 1.807) is 0 Å². The van der Waals surface area contributed by atoms with Crippen LogP contribution in [0.5, 0.6) is 0 Å². The van der Waals surface area contributed by atoms with Crippen molar-refractivity contribution < 1.29 is 0 Å². The zero-order valence-corrected chi connectivity index (χ0v) is 11.8. The lowest BCUT2D eigenvalue weighted by Gasteiger charge is -2.41. The summed E-state index contributed by atoms with van der Waals surface area (Å²) >= 11 is 0. The molecule has 0 radical (unpaired) electrons. The molecule has 0 bridgehead atoms. The topological polar surface area (TPSA) is 12.0 Å². The second-order valence-corrected chi connectivity index (χ2v) is 5.72. The van der Waals surface area contributed by atoms with Crippen LogP contribution in [0.15, 0.2) is 0 Å². The molecule has 0 aromatic heterocycles. The first-order valence-corrected chi connectivity index (χ1v) is 7.43. The molecule has 1 N–H and O–H groups in total. The molecule has 0 spiro atoms. The van der Waals surface area contributed by atoms with Gasteiger partial charge in [0.15, 0.2) is 0 Å². The summed E-state index contributed by atoms with van der Waals surface area (Å²) in [5.74, 6) is 0.836. The predicted octanol–water partition coefficient (Wildman–Crippen LogP) is 4.37. The monoisotopic (exact) mass is 225 g/mol. The summed E-state index contributed by atoms with van der Waals surface area (Å²) in [5.41, 5.74) is 0.616. The van der Waals surface area contributed by atoms with E-state index in [0.717, 1.165) is 18.5 Å². The van der Waals surface area contributed by atoms with Crippen LogP contribution in [0.25, 0.3) is 0 Å². The third-order valence-corrected chi connectivity index (χ3v) is 4.70. The minimum absolute atomic E-state index is 0.616. The van der Waals surface area contributed by atoms with Gasteiger partial charge < -0.3 is 5.32 Å². The van der Waals surface area contributed by atoms with E-state index >= 15 is 0 Å². The molecule has 0 aromatic carbocycles. The molecule has 1 rings (SSSR count). The third-order valence-electron chi connectivity index (χ3n) is 4.70. The van der Waals surface area contributed by atoms with E-state index < -0.39 is 0 Å². The smallest absolute Gasteiger partial charge is 0.0149 e. The highest BCUT2D eigenvalue weighted by Crippen LogP contribution is 2.46. The fraction of sp³-hybridized carbons (Fsp3) is 1.00. The molecule has 2 unspecified atom stereocenters. The Bertz CT molecular complexity index is 182. The van der Waals surface area contributed by atoms with Crippen LogP contribution in [0.1, 0.15) is 72.6 Å². The quantitative estimate of drug-likeness (QED) is 0.678. The Morgan fingerprint density at radius 3 is 2.19 bits per heavy atom. The molecule has 1 aliphatic rings. The molecule has 0 aromatic rings. The molecular formula is C15H31N. The molecule has 96 valence electrons. The molecule has 0 saturated heterocycles. The third kappa shape index (κ3) is 3.00. The number of nitrogens with one attached hydrogen (secondary N) is 1. The fourth-order valence-corrected chi connectivity index (χ4v) is 3.83. The maximum atomic E-state index is 3.80. The zero-order chi connectivity index (χ0) is 12.0. The lowest BCUT2D eigenvalue weighted by Crippen LogP contribution is -2.47. The standard InChI is InChI=1S/C15H31N/c1-5-10-13(4)14(16-7-3)15(6-2)11-8-9-12-15/h13-14,16H,5-12H2,1-4H3. The van der Waals surface area contributed by atoms with Crippen LogP contribution in [0, 0.1) is 11.3 Å². The molecule has 1 nitrogen and oxygen atoms in total. The van der Waals surface area contributed by atoms with Gasteiger partial charge in [0.05, 0.1) is 0 Å². The van der Waals surface area contributed by atoms with Gasteiger partial charge in [0.2, 0.25) is 0 Å². The van der Waals surface area contributed by atoms with Gasteiger partial charge in [-0.25, -0.2) is 0 Å². The second-order valence-electron chi connectivity index (χ2n) is 5.72. The van der Waals surface area contributed by atoms with Crippen LogP contribution >= 0.6 is 0 Å². The van der Waals surface area contributed by atoms with E-state index in [4.69, 9.17) is 0 Å². The van der Waals surface area contributed by atoms with Crippen molar-refractivity contribution in [3.8, 4) is 0 Å². The summed E-state index contributed by atoms with van der Waals surface area (Å²) < 4.78 is 0. The highest BCUT2D eigenvalue weighted by molar-refractivity contribution is 4.95. The minimum Gasteiger partial charge on any atom is -0.313 e. The normalized spacial score (nSPS) is 23.2. The van der Waals surface area contributed by atoms with Gasteiger partial charge in [-0.3, -0.25) is 0 Å². The first-order chi connectivity index (χ1) is 7.70. The van der Waals surface area contributed by atoms with Crippen LogP contribution < -0.4 is 5.32 Å². The van der Waals surface area contributed by atoms with Gasteiger partial charge >= 0.3 is 0 Å². The number of hydrogen-bond acceptors (Lipinski definition) is 1. The minimum atomic E-state index is 0.616. The van der Waals surface area contributed by atoms with Gasteiger partial charge in [0.25, 0.3) is 0 Å². The maximum Gasteiger partial charge on any atom is 0.0149 e. The van der Waals surface area contributed by atoms with Crippen LogP contribution in [-0.4, -0.2) is 12.6 Å². The fourth-order valence-electron chi connectivity index (χ4n) is 3.83.